The van der Waals surface area contributed by atoms with Gasteiger partial charge in [0.25, 0.3) is 15.9 Å². The number of anilines is 1. The summed E-state index contributed by atoms with van der Waals surface area (Å²) < 4.78 is 70.3. The maximum atomic E-state index is 13.0. The van der Waals surface area contributed by atoms with Gasteiger partial charge in [0.05, 0.1) is 17.6 Å². The van der Waals surface area contributed by atoms with E-state index >= 15 is 0 Å². The van der Waals surface area contributed by atoms with Gasteiger partial charge < -0.3 is 10.1 Å². The zero-order valence-electron chi connectivity index (χ0n) is 14.4. The number of rotatable bonds is 6. The molecule has 0 aliphatic rings. The van der Waals surface area contributed by atoms with Crippen LogP contribution in [-0.4, -0.2) is 33.9 Å². The molecule has 7 nitrogen and oxygen atoms in total. The molecule has 2 aromatic carbocycles. The quantitative estimate of drug-likeness (QED) is 0.705. The number of hydrogen-bond donors (Lipinski definition) is 2. The second kappa shape index (κ2) is 8.30. The van der Waals surface area contributed by atoms with Crippen LogP contribution in [0.1, 0.15) is 15.9 Å². The molecule has 0 aliphatic carbocycles. The third kappa shape index (κ3) is 5.22. The molecule has 0 bridgehead atoms. The Morgan fingerprint density at radius 3 is 2.21 bits per heavy atom. The molecular formula is C17H15F3N2O5S. The minimum Gasteiger partial charge on any atom is -0.468 e. The second-order valence-electron chi connectivity index (χ2n) is 5.44. The molecule has 0 atom stereocenters. The average Bonchev–Trinajstić information content (AvgIpc) is 2.65. The van der Waals surface area contributed by atoms with Crippen LogP contribution in [0.2, 0.25) is 0 Å². The van der Waals surface area contributed by atoms with Crippen molar-refractivity contribution < 1.29 is 35.9 Å². The van der Waals surface area contributed by atoms with E-state index in [0.29, 0.717) is 6.07 Å². The number of carbonyl (C=O) groups excluding carboxylic acids is 2. The largest absolute Gasteiger partial charge is 0.468 e. The fourth-order valence-electron chi connectivity index (χ4n) is 2.16. The Morgan fingerprint density at radius 2 is 1.64 bits per heavy atom. The van der Waals surface area contributed by atoms with E-state index in [4.69, 9.17) is 0 Å². The van der Waals surface area contributed by atoms with E-state index in [2.05, 4.69) is 10.1 Å². The van der Waals surface area contributed by atoms with Gasteiger partial charge in [-0.25, -0.2) is 8.42 Å². The summed E-state index contributed by atoms with van der Waals surface area (Å²) in [6, 6.07) is 8.70. The van der Waals surface area contributed by atoms with Gasteiger partial charge in [0.15, 0.2) is 0 Å². The molecular weight excluding hydrogens is 401 g/mol. The van der Waals surface area contributed by atoms with Crippen molar-refractivity contribution in [3.05, 3.63) is 59.7 Å². The molecule has 0 aliphatic heterocycles. The molecule has 0 heterocycles. The van der Waals surface area contributed by atoms with Gasteiger partial charge in [0.2, 0.25) is 0 Å². The Kier molecular flexibility index (Phi) is 6.29. The van der Waals surface area contributed by atoms with Gasteiger partial charge in [-0.1, -0.05) is 12.1 Å². The van der Waals surface area contributed by atoms with E-state index < -0.39 is 38.5 Å². The highest BCUT2D eigenvalue weighted by molar-refractivity contribution is 7.92. The third-order valence-corrected chi connectivity index (χ3v) is 4.94. The zero-order chi connectivity index (χ0) is 20.9. The lowest BCUT2D eigenvalue weighted by atomic mass is 10.2. The van der Waals surface area contributed by atoms with Crippen molar-refractivity contribution in [1.29, 1.82) is 0 Å². The highest BCUT2D eigenvalue weighted by Gasteiger charge is 2.36. The van der Waals surface area contributed by atoms with Crippen molar-refractivity contribution in [2.24, 2.45) is 0 Å². The number of methoxy groups -OCH3 is 1. The second-order valence-corrected chi connectivity index (χ2v) is 7.09. The first-order valence-corrected chi connectivity index (χ1v) is 9.17. The standard InChI is InChI=1S/C17H15F3N2O5S/c1-27-15(23)10-21-16(24)11-6-8-12(9-7-11)22-28(25,26)14-5-3-2-4-13(14)17(18,19)20/h2-9,22H,10H2,1H3,(H,21,24). The fourth-order valence-corrected chi connectivity index (χ4v) is 3.45. The number of carbonyl (C=O) groups is 2. The monoisotopic (exact) mass is 416 g/mol. The van der Waals surface area contributed by atoms with Crippen LogP contribution < -0.4 is 10.0 Å². The highest BCUT2D eigenvalue weighted by Crippen LogP contribution is 2.34. The third-order valence-electron chi connectivity index (χ3n) is 3.50. The van der Waals surface area contributed by atoms with Gasteiger partial charge in [-0.2, -0.15) is 13.2 Å². The molecule has 0 unspecified atom stereocenters. The molecule has 150 valence electrons. The first kappa shape index (κ1) is 21.2. The maximum absolute atomic E-state index is 13.0. The number of ether oxygens (including phenoxy) is 1. The van der Waals surface area contributed by atoms with Gasteiger partial charge in [0.1, 0.15) is 6.54 Å². The number of amides is 1. The molecule has 0 aromatic heterocycles. The summed E-state index contributed by atoms with van der Waals surface area (Å²) in [4.78, 5) is 21.9. The van der Waals surface area contributed by atoms with E-state index in [-0.39, 0.29) is 17.8 Å². The summed E-state index contributed by atoms with van der Waals surface area (Å²) in [5.41, 5.74) is -1.22. The van der Waals surface area contributed by atoms with Crippen LogP contribution in [0.3, 0.4) is 0 Å². The SMILES string of the molecule is COC(=O)CNC(=O)c1ccc(NS(=O)(=O)c2ccccc2C(F)(F)F)cc1. The normalized spacial score (nSPS) is 11.6. The van der Waals surface area contributed by atoms with Crippen molar-refractivity contribution in [2.45, 2.75) is 11.1 Å². The molecule has 0 fully saturated rings. The van der Waals surface area contributed by atoms with Crippen LogP contribution in [0.25, 0.3) is 0 Å². The van der Waals surface area contributed by atoms with Gasteiger partial charge in [-0.15, -0.1) is 0 Å². The molecule has 0 radical (unpaired) electrons. The van der Waals surface area contributed by atoms with Crippen LogP contribution in [0.5, 0.6) is 0 Å². The summed E-state index contributed by atoms with van der Waals surface area (Å²) >= 11 is 0. The molecule has 2 N–H and O–H groups in total. The molecule has 1 amide bonds. The van der Waals surface area contributed by atoms with Gasteiger partial charge >= 0.3 is 12.1 Å². The van der Waals surface area contributed by atoms with Crippen LogP contribution in [0, 0.1) is 0 Å². The predicted octanol–water partition coefficient (Wildman–Crippen LogP) is 2.41. The van der Waals surface area contributed by atoms with Crippen LogP contribution >= 0.6 is 0 Å². The summed E-state index contributed by atoms with van der Waals surface area (Å²) in [5, 5.41) is 2.29. The van der Waals surface area contributed by atoms with Gasteiger partial charge in [-0.05, 0) is 36.4 Å². The minimum absolute atomic E-state index is 0.0403. The molecule has 11 heteroatoms. The first-order chi connectivity index (χ1) is 13.0. The highest BCUT2D eigenvalue weighted by atomic mass is 32.2. The lowest BCUT2D eigenvalue weighted by molar-refractivity contribution is -0.140. The number of halogens is 3. The smallest absolute Gasteiger partial charge is 0.417 e. The van der Waals surface area contributed by atoms with Gasteiger partial charge in [-0.3, -0.25) is 14.3 Å². The molecule has 2 aromatic rings. The van der Waals surface area contributed by atoms with Crippen molar-refractivity contribution in [3.63, 3.8) is 0 Å². The lowest BCUT2D eigenvalue weighted by Gasteiger charge is -2.14. The Balaban J connectivity index is 2.18. The molecule has 0 saturated heterocycles. The lowest BCUT2D eigenvalue weighted by Crippen LogP contribution is -2.30. The summed E-state index contributed by atoms with van der Waals surface area (Å²) in [6.45, 7) is -0.349. The van der Waals surface area contributed by atoms with Gasteiger partial charge in [0, 0.05) is 11.3 Å². The Labute approximate surface area is 158 Å². The number of nitrogens with one attached hydrogen (secondary N) is 2. The van der Waals surface area contributed by atoms with E-state index in [0.717, 1.165) is 19.2 Å². The number of esters is 1. The van der Waals surface area contributed by atoms with Crippen molar-refractivity contribution in [3.8, 4) is 0 Å². The molecule has 28 heavy (non-hydrogen) atoms. The topological polar surface area (TPSA) is 102 Å². The minimum atomic E-state index is -4.84. The Morgan fingerprint density at radius 1 is 1.04 bits per heavy atom. The van der Waals surface area contributed by atoms with Crippen molar-refractivity contribution in [2.75, 3.05) is 18.4 Å². The van der Waals surface area contributed by atoms with E-state index in [1.165, 1.54) is 30.3 Å². The molecule has 0 spiro atoms. The Hall–Kier alpha value is -3.08. The Bertz CT molecular complexity index is 973. The number of benzene rings is 2. The fraction of sp³-hybridized carbons (Fsp3) is 0.176. The van der Waals surface area contributed by atoms with E-state index in [1.807, 2.05) is 4.72 Å². The number of hydrogen-bond acceptors (Lipinski definition) is 5. The molecule has 2 rings (SSSR count). The predicted molar refractivity (Wildman–Crippen MR) is 93.0 cm³/mol. The van der Waals surface area contributed by atoms with Crippen molar-refractivity contribution in [1.82, 2.24) is 5.32 Å². The summed E-state index contributed by atoms with van der Waals surface area (Å²) in [6.07, 6.45) is -4.84. The van der Waals surface area contributed by atoms with Crippen LogP contribution in [-0.2, 0) is 25.7 Å². The molecule has 0 saturated carbocycles. The van der Waals surface area contributed by atoms with Crippen LogP contribution in [0.15, 0.2) is 53.4 Å². The number of alkyl halides is 3. The number of sulfonamides is 1. The first-order valence-electron chi connectivity index (χ1n) is 7.68. The van der Waals surface area contributed by atoms with E-state index in [9.17, 15) is 31.2 Å². The maximum Gasteiger partial charge on any atom is 0.417 e. The summed E-state index contributed by atoms with van der Waals surface area (Å²) in [7, 11) is -3.36. The average molecular weight is 416 g/mol. The van der Waals surface area contributed by atoms with Crippen LogP contribution in [0.4, 0.5) is 18.9 Å². The van der Waals surface area contributed by atoms with E-state index in [1.54, 1.807) is 0 Å². The summed E-state index contributed by atoms with van der Waals surface area (Å²) in [5.74, 6) is -1.26. The zero-order valence-corrected chi connectivity index (χ0v) is 15.2. The van der Waals surface area contributed by atoms with Crippen molar-refractivity contribution >= 4 is 27.6 Å².